The van der Waals surface area contributed by atoms with Gasteiger partial charge in [-0.1, -0.05) is 0 Å². The van der Waals surface area contributed by atoms with Gasteiger partial charge in [0.15, 0.2) is 0 Å². The van der Waals surface area contributed by atoms with Gasteiger partial charge in [-0.05, 0) is 63.2 Å². The van der Waals surface area contributed by atoms with Gasteiger partial charge in [-0.2, -0.15) is 0 Å². The molecule has 4 fully saturated rings. The van der Waals surface area contributed by atoms with E-state index >= 15 is 4.39 Å². The van der Waals surface area contributed by atoms with E-state index in [9.17, 15) is 19.2 Å². The summed E-state index contributed by atoms with van der Waals surface area (Å²) in [5.74, 6) is -2.37. The number of halogens is 1. The van der Waals surface area contributed by atoms with Crippen LogP contribution in [0.3, 0.4) is 0 Å². The highest BCUT2D eigenvalue weighted by Gasteiger charge is 2.47. The molecule has 4 saturated heterocycles. The topological polar surface area (TPSA) is 102 Å². The summed E-state index contributed by atoms with van der Waals surface area (Å²) in [6, 6.07) is 1.82. The third-order valence-electron chi connectivity index (χ3n) is 8.25. The Morgan fingerprint density at radius 3 is 2.26 bits per heavy atom. The van der Waals surface area contributed by atoms with Gasteiger partial charge < -0.3 is 10.2 Å². The van der Waals surface area contributed by atoms with E-state index in [0.717, 1.165) is 69.4 Å². The van der Waals surface area contributed by atoms with E-state index < -0.39 is 35.5 Å². The molecule has 0 aromatic heterocycles. The zero-order chi connectivity index (χ0) is 25.1. The molecule has 2 N–H and O–H groups in total. The van der Waals surface area contributed by atoms with Gasteiger partial charge in [0.25, 0.3) is 11.8 Å². The van der Waals surface area contributed by atoms with E-state index in [4.69, 9.17) is 1.41 Å². The molecule has 5 aliphatic heterocycles. The van der Waals surface area contributed by atoms with E-state index in [0.29, 0.717) is 11.6 Å². The summed E-state index contributed by atoms with van der Waals surface area (Å²) in [6.07, 6.45) is 4.05. The van der Waals surface area contributed by atoms with Gasteiger partial charge in [0.05, 0.1) is 16.8 Å². The number of nitrogens with zero attached hydrogens (tertiary/aromatic N) is 3. The fourth-order valence-electron chi connectivity index (χ4n) is 6.56. The highest BCUT2D eigenvalue weighted by Crippen LogP contribution is 2.39. The third kappa shape index (κ3) is 3.83. The van der Waals surface area contributed by atoms with Crippen LogP contribution >= 0.6 is 0 Å². The number of likely N-dealkylation sites (tertiary alicyclic amines) is 1. The van der Waals surface area contributed by atoms with Gasteiger partial charge in [-0.3, -0.25) is 34.3 Å². The van der Waals surface area contributed by atoms with E-state index in [1.807, 2.05) is 0 Å². The predicted octanol–water partition coefficient (Wildman–Crippen LogP) is 0.880. The summed E-state index contributed by atoms with van der Waals surface area (Å²) in [7, 11) is 0. The normalized spacial score (nSPS) is 30.7. The summed E-state index contributed by atoms with van der Waals surface area (Å²) >= 11 is 0. The minimum Gasteiger partial charge on any atom is -0.361 e. The first-order valence-electron chi connectivity index (χ1n) is 13.0. The zero-order valence-corrected chi connectivity index (χ0v) is 19.5. The lowest BCUT2D eigenvalue weighted by Gasteiger charge is -2.44. The maximum absolute atomic E-state index is 15.4. The Balaban J connectivity index is 1.21. The van der Waals surface area contributed by atoms with Crippen LogP contribution in [0.15, 0.2) is 12.1 Å². The molecule has 6 rings (SSSR count). The molecule has 0 radical (unpaired) electrons. The van der Waals surface area contributed by atoms with Gasteiger partial charge in [0.2, 0.25) is 11.8 Å². The molecular weight excluding hydrogens is 453 g/mol. The average molecular weight is 485 g/mol. The molecule has 5 aliphatic rings. The Hall–Kier alpha value is -2.85. The monoisotopic (exact) mass is 484 g/mol. The number of amides is 4. The minimum absolute atomic E-state index is 0.0299. The van der Waals surface area contributed by atoms with Crippen LogP contribution in [0.4, 0.5) is 10.1 Å². The number of imide groups is 2. The second kappa shape index (κ2) is 8.67. The van der Waals surface area contributed by atoms with E-state index in [2.05, 4.69) is 15.1 Å². The number of fused-ring (bicyclic) bond motifs is 3. The number of rotatable bonds is 4. The summed E-state index contributed by atoms with van der Waals surface area (Å²) in [6.45, 7) is 4.25. The van der Waals surface area contributed by atoms with Crippen molar-refractivity contribution >= 4 is 29.3 Å². The smallest absolute Gasteiger partial charge is 0.262 e. The molecule has 35 heavy (non-hydrogen) atoms. The quantitative estimate of drug-likeness (QED) is 0.612. The molecule has 1 aromatic carbocycles. The molecule has 0 saturated carbocycles. The predicted molar refractivity (Wildman–Crippen MR) is 124 cm³/mol. The fourth-order valence-corrected chi connectivity index (χ4v) is 6.56. The molecule has 9 nitrogen and oxygen atoms in total. The lowest BCUT2D eigenvalue weighted by atomic mass is 9.96. The molecule has 186 valence electrons. The Bertz CT molecular complexity index is 1130. The van der Waals surface area contributed by atoms with Crippen LogP contribution in [0.5, 0.6) is 0 Å². The molecule has 0 aliphatic carbocycles. The van der Waals surface area contributed by atoms with Crippen LogP contribution in [0, 0.1) is 11.7 Å². The lowest BCUT2D eigenvalue weighted by Crippen LogP contribution is -2.55. The number of benzene rings is 1. The van der Waals surface area contributed by atoms with Crippen LogP contribution in [0.1, 0.15) is 59.2 Å². The van der Waals surface area contributed by atoms with Crippen molar-refractivity contribution in [2.45, 2.75) is 56.7 Å². The van der Waals surface area contributed by atoms with Gasteiger partial charge in [0, 0.05) is 38.1 Å². The molecule has 10 heteroatoms. The van der Waals surface area contributed by atoms with Gasteiger partial charge in [-0.25, -0.2) is 4.39 Å². The number of carbonyl (C=O) groups is 4. The molecule has 1 aromatic rings. The van der Waals surface area contributed by atoms with Crippen LogP contribution in [-0.2, 0) is 9.59 Å². The molecule has 5 heterocycles. The Morgan fingerprint density at radius 2 is 1.60 bits per heavy atom. The molecule has 3 atom stereocenters. The first kappa shape index (κ1) is 21.4. The molecular formula is C25H30FN5O4. The number of nitrogens with one attached hydrogen (secondary N) is 2. The van der Waals surface area contributed by atoms with Crippen LogP contribution in [-0.4, -0.2) is 84.3 Å². The molecule has 4 amide bonds. The zero-order valence-electron chi connectivity index (χ0n) is 20.5. The SMILES string of the molecule is [2H]N1CCC(CN2CC3CCC(C2)N3c2cc3c(cc2F)C(=O)N(C2CCC(=O)NC2=O)C3=O)CC1. The summed E-state index contributed by atoms with van der Waals surface area (Å²) in [5.41, 5.74) is 0.428. The first-order valence-corrected chi connectivity index (χ1v) is 12.6. The van der Waals surface area contributed by atoms with Crippen LogP contribution in [0.2, 0.25) is 1.41 Å². The Labute approximate surface area is 204 Å². The number of anilines is 1. The van der Waals surface area contributed by atoms with Crippen molar-refractivity contribution in [3.05, 3.63) is 29.1 Å². The maximum Gasteiger partial charge on any atom is 0.262 e. The lowest BCUT2D eigenvalue weighted by molar-refractivity contribution is -0.136. The number of hydrogen-bond acceptors (Lipinski definition) is 7. The van der Waals surface area contributed by atoms with Crippen molar-refractivity contribution in [2.24, 2.45) is 5.92 Å². The van der Waals surface area contributed by atoms with Crippen molar-refractivity contribution in [1.29, 1.82) is 0 Å². The largest absolute Gasteiger partial charge is 0.361 e. The second-order valence-electron chi connectivity index (χ2n) is 10.4. The summed E-state index contributed by atoms with van der Waals surface area (Å²) < 4.78 is 23.2. The third-order valence-corrected chi connectivity index (χ3v) is 8.25. The highest BCUT2D eigenvalue weighted by atomic mass is 19.1. The molecule has 0 spiro atoms. The number of piperidine rings is 2. The molecule has 2 bridgehead atoms. The highest BCUT2D eigenvalue weighted by molar-refractivity contribution is 6.23. The van der Waals surface area contributed by atoms with Crippen molar-refractivity contribution < 1.29 is 25.0 Å². The van der Waals surface area contributed by atoms with Crippen molar-refractivity contribution in [2.75, 3.05) is 37.6 Å². The Kier molecular flexibility index (Phi) is 5.31. The van der Waals surface area contributed by atoms with Crippen molar-refractivity contribution in [1.82, 2.24) is 20.4 Å². The summed E-state index contributed by atoms with van der Waals surface area (Å²) in [5, 5.41) is 3.81. The summed E-state index contributed by atoms with van der Waals surface area (Å²) in [4.78, 5) is 55.5. The van der Waals surface area contributed by atoms with Crippen LogP contribution in [0.25, 0.3) is 0 Å². The van der Waals surface area contributed by atoms with Gasteiger partial charge >= 0.3 is 0 Å². The van der Waals surface area contributed by atoms with E-state index in [-0.39, 0.29) is 36.1 Å². The van der Waals surface area contributed by atoms with E-state index in [1.54, 1.807) is 5.31 Å². The minimum atomic E-state index is -1.07. The van der Waals surface area contributed by atoms with Gasteiger partial charge in [0.1, 0.15) is 13.3 Å². The van der Waals surface area contributed by atoms with Crippen molar-refractivity contribution in [3.8, 4) is 0 Å². The maximum atomic E-state index is 15.4. The fraction of sp³-hybridized carbons (Fsp3) is 0.600. The standard InChI is InChI=1S/C25H30FN5O4/c26-19-9-17-18(25(35)31(24(17)34)20-3-4-22(32)28-23(20)33)10-21(19)30-15-1-2-16(30)13-29(12-15)11-14-5-7-27-8-6-14/h9-10,14-16,20,27H,1-8,11-13H2,(H,28,32,33)/i/hD. The molecule has 3 unspecified atom stereocenters. The van der Waals surface area contributed by atoms with Crippen molar-refractivity contribution in [3.63, 3.8) is 0 Å². The number of hydrogen-bond donors (Lipinski definition) is 2. The van der Waals surface area contributed by atoms with Crippen LogP contribution < -0.4 is 15.5 Å². The second-order valence-corrected chi connectivity index (χ2v) is 10.4. The average Bonchev–Trinajstić information content (AvgIpc) is 3.23. The first-order chi connectivity index (χ1) is 17.3. The number of piperazine rings is 1. The van der Waals surface area contributed by atoms with E-state index in [1.165, 1.54) is 6.07 Å². The number of carbonyl (C=O) groups excluding carboxylic acids is 4. The van der Waals surface area contributed by atoms with Gasteiger partial charge in [-0.15, -0.1) is 0 Å². The Morgan fingerprint density at radius 1 is 0.943 bits per heavy atom.